The number of ketones is 1. The van der Waals surface area contributed by atoms with Gasteiger partial charge in [0.25, 0.3) is 0 Å². The van der Waals surface area contributed by atoms with E-state index in [0.29, 0.717) is 29.5 Å². The van der Waals surface area contributed by atoms with Gasteiger partial charge in [-0.15, -0.1) is 0 Å². The lowest BCUT2D eigenvalue weighted by atomic mass is 9.97. The van der Waals surface area contributed by atoms with Gasteiger partial charge in [0, 0.05) is 12.5 Å². The van der Waals surface area contributed by atoms with E-state index < -0.39 is 0 Å². The molecule has 0 amide bonds. The molecule has 0 aliphatic carbocycles. The first-order valence-corrected chi connectivity index (χ1v) is 7.23. The van der Waals surface area contributed by atoms with Gasteiger partial charge in [-0.3, -0.25) is 4.79 Å². The lowest BCUT2D eigenvalue weighted by Crippen LogP contribution is -2.34. The average molecular weight is 277 g/mol. The van der Waals surface area contributed by atoms with Crippen LogP contribution in [0.1, 0.15) is 42.5 Å². The third-order valence-corrected chi connectivity index (χ3v) is 3.84. The first-order valence-electron chi connectivity index (χ1n) is 7.23. The van der Waals surface area contributed by atoms with Gasteiger partial charge in [0.05, 0.1) is 19.8 Å². The predicted octanol–water partition coefficient (Wildman–Crippen LogP) is 2.81. The number of hydrogen-bond donors (Lipinski definition) is 1. The molecule has 0 spiro atoms. The third kappa shape index (κ3) is 3.73. The summed E-state index contributed by atoms with van der Waals surface area (Å²) in [6.07, 6.45) is 5.10. The Kier molecular flexibility index (Phi) is 5.41. The minimum absolute atomic E-state index is 0.119. The summed E-state index contributed by atoms with van der Waals surface area (Å²) < 4.78 is 10.4. The van der Waals surface area contributed by atoms with Crippen molar-refractivity contribution in [1.82, 2.24) is 5.32 Å². The van der Waals surface area contributed by atoms with Crippen LogP contribution in [0.25, 0.3) is 0 Å². The molecule has 4 heteroatoms. The van der Waals surface area contributed by atoms with Crippen molar-refractivity contribution in [1.29, 1.82) is 0 Å². The number of piperidine rings is 1. The number of rotatable bonds is 6. The molecule has 1 N–H and O–H groups in total. The monoisotopic (exact) mass is 277 g/mol. The van der Waals surface area contributed by atoms with Crippen molar-refractivity contribution in [3.8, 4) is 11.5 Å². The molecule has 1 heterocycles. The fourth-order valence-corrected chi connectivity index (χ4v) is 2.64. The van der Waals surface area contributed by atoms with Crippen LogP contribution in [0.3, 0.4) is 0 Å². The zero-order chi connectivity index (χ0) is 14.4. The van der Waals surface area contributed by atoms with Gasteiger partial charge in [0.15, 0.2) is 5.78 Å². The van der Waals surface area contributed by atoms with E-state index >= 15 is 0 Å². The Bertz CT molecular complexity index is 453. The van der Waals surface area contributed by atoms with Crippen LogP contribution in [-0.2, 0) is 0 Å². The number of carbonyl (C=O) groups is 1. The van der Waals surface area contributed by atoms with Gasteiger partial charge in [-0.1, -0.05) is 6.42 Å². The number of hydrogen-bond acceptors (Lipinski definition) is 4. The Morgan fingerprint density at radius 1 is 1.30 bits per heavy atom. The number of benzene rings is 1. The molecular weight excluding hydrogens is 254 g/mol. The van der Waals surface area contributed by atoms with E-state index in [1.165, 1.54) is 19.3 Å². The predicted molar refractivity (Wildman–Crippen MR) is 78.8 cm³/mol. The largest absolute Gasteiger partial charge is 0.497 e. The maximum Gasteiger partial charge on any atom is 0.166 e. The fourth-order valence-electron chi connectivity index (χ4n) is 2.64. The van der Waals surface area contributed by atoms with E-state index in [2.05, 4.69) is 5.32 Å². The Morgan fingerprint density at radius 3 is 2.80 bits per heavy atom. The molecule has 20 heavy (non-hydrogen) atoms. The highest BCUT2D eigenvalue weighted by atomic mass is 16.5. The fraction of sp³-hybridized carbons (Fsp3) is 0.562. The molecule has 1 fully saturated rings. The SMILES string of the molecule is COc1ccc(OC)c(C(=O)CCC2CCCCN2)c1. The van der Waals surface area contributed by atoms with Crippen molar-refractivity contribution in [3.05, 3.63) is 23.8 Å². The van der Waals surface area contributed by atoms with E-state index in [0.717, 1.165) is 13.0 Å². The van der Waals surface area contributed by atoms with Crippen LogP contribution in [0.5, 0.6) is 11.5 Å². The van der Waals surface area contributed by atoms with Crippen molar-refractivity contribution in [2.75, 3.05) is 20.8 Å². The number of Topliss-reactive ketones (excluding diaryl/α,β-unsaturated/α-hetero) is 1. The number of ether oxygens (including phenoxy) is 2. The van der Waals surface area contributed by atoms with Crippen molar-refractivity contribution in [2.24, 2.45) is 0 Å². The molecule has 1 aliphatic rings. The van der Waals surface area contributed by atoms with Gasteiger partial charge in [-0.05, 0) is 44.0 Å². The summed E-state index contributed by atoms with van der Waals surface area (Å²) in [5.41, 5.74) is 0.614. The highest BCUT2D eigenvalue weighted by Gasteiger charge is 2.17. The molecule has 2 rings (SSSR count). The molecule has 0 saturated carbocycles. The normalized spacial score (nSPS) is 18.6. The van der Waals surface area contributed by atoms with Crippen LogP contribution >= 0.6 is 0 Å². The molecule has 1 aromatic rings. The number of methoxy groups -OCH3 is 2. The Labute approximate surface area is 120 Å². The maximum absolute atomic E-state index is 12.4. The Morgan fingerprint density at radius 2 is 2.15 bits per heavy atom. The van der Waals surface area contributed by atoms with E-state index in [-0.39, 0.29) is 5.78 Å². The summed E-state index contributed by atoms with van der Waals surface area (Å²) in [6, 6.07) is 5.82. The molecular formula is C16H23NO3. The van der Waals surface area contributed by atoms with Crippen LogP contribution in [0.4, 0.5) is 0 Å². The summed E-state index contributed by atoms with van der Waals surface area (Å²) in [5, 5.41) is 3.47. The molecule has 0 aromatic heterocycles. The Hall–Kier alpha value is -1.55. The van der Waals surface area contributed by atoms with Crippen LogP contribution in [-0.4, -0.2) is 32.6 Å². The second kappa shape index (κ2) is 7.29. The summed E-state index contributed by atoms with van der Waals surface area (Å²) >= 11 is 0. The third-order valence-electron chi connectivity index (χ3n) is 3.84. The van der Waals surface area contributed by atoms with Crippen LogP contribution < -0.4 is 14.8 Å². The second-order valence-electron chi connectivity index (χ2n) is 5.17. The molecule has 1 saturated heterocycles. The van der Waals surface area contributed by atoms with Gasteiger partial charge in [0.1, 0.15) is 11.5 Å². The molecule has 4 nitrogen and oxygen atoms in total. The van der Waals surface area contributed by atoms with Crippen molar-refractivity contribution in [2.45, 2.75) is 38.1 Å². The summed E-state index contributed by atoms with van der Waals surface area (Å²) in [6.45, 7) is 1.07. The maximum atomic E-state index is 12.4. The van der Waals surface area contributed by atoms with Crippen LogP contribution in [0, 0.1) is 0 Å². The minimum atomic E-state index is 0.119. The van der Waals surface area contributed by atoms with Gasteiger partial charge >= 0.3 is 0 Å². The summed E-state index contributed by atoms with van der Waals surface area (Å²) in [7, 11) is 3.18. The van der Waals surface area contributed by atoms with Crippen molar-refractivity contribution >= 4 is 5.78 Å². The topological polar surface area (TPSA) is 47.6 Å². The average Bonchev–Trinajstić information content (AvgIpc) is 2.52. The molecule has 1 atom stereocenters. The molecule has 0 bridgehead atoms. The number of carbonyl (C=O) groups excluding carboxylic acids is 1. The van der Waals surface area contributed by atoms with Crippen LogP contribution in [0.15, 0.2) is 18.2 Å². The van der Waals surface area contributed by atoms with Crippen LogP contribution in [0.2, 0.25) is 0 Å². The van der Waals surface area contributed by atoms with E-state index in [1.54, 1.807) is 32.4 Å². The summed E-state index contributed by atoms with van der Waals surface area (Å²) in [5.74, 6) is 1.42. The lowest BCUT2D eigenvalue weighted by molar-refractivity contribution is 0.0971. The van der Waals surface area contributed by atoms with Gasteiger partial charge < -0.3 is 14.8 Å². The molecule has 1 aromatic carbocycles. The minimum Gasteiger partial charge on any atom is -0.497 e. The lowest BCUT2D eigenvalue weighted by Gasteiger charge is -2.23. The van der Waals surface area contributed by atoms with Gasteiger partial charge in [-0.2, -0.15) is 0 Å². The van der Waals surface area contributed by atoms with Crippen molar-refractivity contribution in [3.63, 3.8) is 0 Å². The van der Waals surface area contributed by atoms with Gasteiger partial charge in [0.2, 0.25) is 0 Å². The summed E-state index contributed by atoms with van der Waals surface area (Å²) in [4.78, 5) is 12.4. The second-order valence-corrected chi connectivity index (χ2v) is 5.17. The first kappa shape index (κ1) is 14.9. The van der Waals surface area contributed by atoms with E-state index in [1.807, 2.05) is 0 Å². The standard InChI is InChI=1S/C16H23NO3/c1-19-13-7-9-16(20-2)14(11-13)15(18)8-6-12-5-3-4-10-17-12/h7,9,11-12,17H,3-6,8,10H2,1-2H3. The van der Waals surface area contributed by atoms with E-state index in [4.69, 9.17) is 9.47 Å². The smallest absolute Gasteiger partial charge is 0.166 e. The zero-order valence-electron chi connectivity index (χ0n) is 12.3. The number of nitrogens with one attached hydrogen (secondary N) is 1. The zero-order valence-corrected chi connectivity index (χ0v) is 12.3. The quantitative estimate of drug-likeness (QED) is 0.812. The molecule has 0 radical (unpaired) electrons. The molecule has 1 unspecified atom stereocenters. The molecule has 1 aliphatic heterocycles. The molecule has 110 valence electrons. The first-order chi connectivity index (χ1) is 9.74. The highest BCUT2D eigenvalue weighted by Crippen LogP contribution is 2.26. The Balaban J connectivity index is 2.00. The van der Waals surface area contributed by atoms with Gasteiger partial charge in [-0.25, -0.2) is 0 Å². The highest BCUT2D eigenvalue weighted by molar-refractivity contribution is 5.99. The van der Waals surface area contributed by atoms with E-state index in [9.17, 15) is 4.79 Å². The van der Waals surface area contributed by atoms with Crippen molar-refractivity contribution < 1.29 is 14.3 Å².